The zero-order valence-electron chi connectivity index (χ0n) is 32.4. The molecule has 0 aliphatic heterocycles. The Bertz CT molecular complexity index is 1630. The second-order valence-corrected chi connectivity index (χ2v) is 14.8. The molecule has 1 saturated carbocycles. The van der Waals surface area contributed by atoms with Gasteiger partial charge in [0.1, 0.15) is 17.4 Å². The SMILES string of the molecule is CC(C)=O.CC[C@@H](C)CCC(c1nc2cc(-c3c(C)noc3C)ccc2n1C1CCC(OC(C)C)CC1)[C@H](C)CC.Cc1ccc(F)c(F)c1. The van der Waals surface area contributed by atoms with Crippen LogP contribution in [0, 0.1) is 44.2 Å². The highest BCUT2D eigenvalue weighted by molar-refractivity contribution is 5.84. The molecule has 8 heteroatoms. The number of benzene rings is 2. The average Bonchev–Trinajstić information content (AvgIpc) is 3.61. The van der Waals surface area contributed by atoms with Crippen molar-refractivity contribution in [3.63, 3.8) is 0 Å². The van der Waals surface area contributed by atoms with Gasteiger partial charge in [-0.3, -0.25) is 0 Å². The molecule has 50 heavy (non-hydrogen) atoms. The summed E-state index contributed by atoms with van der Waals surface area (Å²) in [6.07, 6.45) is 10.1. The Morgan fingerprint density at radius 2 is 1.58 bits per heavy atom. The highest BCUT2D eigenvalue weighted by Gasteiger charge is 2.31. The van der Waals surface area contributed by atoms with Crippen molar-refractivity contribution >= 4 is 16.8 Å². The van der Waals surface area contributed by atoms with Crippen molar-refractivity contribution in [2.24, 2.45) is 11.8 Å². The second kappa shape index (κ2) is 19.3. The molecule has 0 amide bonds. The first-order valence-electron chi connectivity index (χ1n) is 18.7. The molecule has 1 aliphatic rings. The Kier molecular flexibility index (Phi) is 15.8. The van der Waals surface area contributed by atoms with E-state index in [1.807, 2.05) is 13.8 Å². The lowest BCUT2D eigenvalue weighted by Gasteiger charge is -2.33. The van der Waals surface area contributed by atoms with E-state index in [-0.39, 0.29) is 5.78 Å². The van der Waals surface area contributed by atoms with Gasteiger partial charge in [-0.05, 0) is 128 Å². The number of ketones is 1. The highest BCUT2D eigenvalue weighted by Crippen LogP contribution is 2.41. The molecule has 3 atom stereocenters. The van der Waals surface area contributed by atoms with Crippen molar-refractivity contribution in [3.05, 3.63) is 70.9 Å². The van der Waals surface area contributed by atoms with Crippen LogP contribution in [0.3, 0.4) is 0 Å². The number of hydrogen-bond acceptors (Lipinski definition) is 5. The van der Waals surface area contributed by atoms with Gasteiger partial charge < -0.3 is 18.6 Å². The maximum atomic E-state index is 12.2. The largest absolute Gasteiger partial charge is 0.376 e. The van der Waals surface area contributed by atoms with Crippen molar-refractivity contribution in [1.82, 2.24) is 14.7 Å². The number of fused-ring (bicyclic) bond motifs is 1. The zero-order chi connectivity index (χ0) is 37.1. The quantitative estimate of drug-likeness (QED) is 0.156. The van der Waals surface area contributed by atoms with E-state index in [1.165, 1.54) is 56.9 Å². The van der Waals surface area contributed by atoms with Crippen LogP contribution in [-0.4, -0.2) is 32.7 Å². The van der Waals surface area contributed by atoms with Crippen LogP contribution in [0.15, 0.2) is 40.9 Å². The maximum absolute atomic E-state index is 12.2. The third-order valence-corrected chi connectivity index (χ3v) is 9.92. The number of imidazole rings is 1. The van der Waals surface area contributed by atoms with Crippen LogP contribution in [-0.2, 0) is 9.53 Å². The van der Waals surface area contributed by atoms with Gasteiger partial charge in [-0.15, -0.1) is 0 Å². The lowest BCUT2D eigenvalue weighted by atomic mass is 9.84. The molecule has 2 aromatic carbocycles. The number of rotatable bonds is 11. The van der Waals surface area contributed by atoms with E-state index in [4.69, 9.17) is 14.2 Å². The maximum Gasteiger partial charge on any atom is 0.159 e. The smallest absolute Gasteiger partial charge is 0.159 e. The molecule has 2 aromatic heterocycles. The molecule has 0 saturated heterocycles. The van der Waals surface area contributed by atoms with Crippen molar-refractivity contribution in [3.8, 4) is 11.1 Å². The highest BCUT2D eigenvalue weighted by atomic mass is 19.2. The second-order valence-electron chi connectivity index (χ2n) is 14.8. The molecule has 0 bridgehead atoms. The summed E-state index contributed by atoms with van der Waals surface area (Å²) in [5, 5.41) is 4.20. The summed E-state index contributed by atoms with van der Waals surface area (Å²) in [7, 11) is 0. The molecule has 1 aliphatic carbocycles. The molecule has 2 heterocycles. The molecule has 0 N–H and O–H groups in total. The fraction of sp³-hybridized carbons (Fsp3) is 0.595. The first-order valence-corrected chi connectivity index (χ1v) is 18.7. The summed E-state index contributed by atoms with van der Waals surface area (Å²) in [5.74, 6) is 2.58. The number of aromatic nitrogens is 3. The van der Waals surface area contributed by atoms with Crippen LogP contribution < -0.4 is 0 Å². The molecular formula is C42H61F2N3O3. The first-order chi connectivity index (χ1) is 23.7. The molecule has 0 spiro atoms. The molecule has 1 fully saturated rings. The van der Waals surface area contributed by atoms with Crippen LogP contribution in [0.4, 0.5) is 8.78 Å². The van der Waals surface area contributed by atoms with Crippen molar-refractivity contribution in [2.45, 2.75) is 152 Å². The molecule has 6 nitrogen and oxygen atoms in total. The van der Waals surface area contributed by atoms with E-state index in [9.17, 15) is 13.6 Å². The first kappa shape index (κ1) is 41.0. The van der Waals surface area contributed by atoms with Crippen molar-refractivity contribution in [1.29, 1.82) is 0 Å². The number of ether oxygens (including phenoxy) is 1. The summed E-state index contributed by atoms with van der Waals surface area (Å²) >= 11 is 0. The number of Topliss-reactive ketones (excluding diaryl/α,β-unsaturated/α-hetero) is 1. The van der Waals surface area contributed by atoms with Gasteiger partial charge in [-0.2, -0.15) is 0 Å². The average molecular weight is 694 g/mol. The topological polar surface area (TPSA) is 70.2 Å². The van der Waals surface area contributed by atoms with E-state index >= 15 is 0 Å². The number of nitrogens with zero attached hydrogens (tertiary/aromatic N) is 3. The van der Waals surface area contributed by atoms with Crippen LogP contribution in [0.5, 0.6) is 0 Å². The minimum Gasteiger partial charge on any atom is -0.376 e. The van der Waals surface area contributed by atoms with Gasteiger partial charge in [0.25, 0.3) is 0 Å². The Morgan fingerprint density at radius 1 is 0.920 bits per heavy atom. The van der Waals surface area contributed by atoms with Crippen molar-refractivity contribution < 1.29 is 22.8 Å². The van der Waals surface area contributed by atoms with Gasteiger partial charge in [-0.1, -0.05) is 64.2 Å². The van der Waals surface area contributed by atoms with E-state index in [2.05, 4.69) is 69.5 Å². The van der Waals surface area contributed by atoms with E-state index in [0.717, 1.165) is 77.4 Å². The number of carbonyl (C=O) groups is 1. The Hall–Kier alpha value is -3.39. The standard InChI is InChI=1S/C32H49N3O2.C7H6F2.C3H6O/c1-9-21(5)11-17-28(22(6)10-2)32-33-29-19-25(31-23(7)34-37-24(31)8)12-18-30(29)35(32)26-13-15-27(16-14-26)36-20(3)4;1-5-2-3-6(8)7(9)4-5;1-3(2)4/h12,18-22,26-28H,9-11,13-17H2,1-8H3;2-4H,1H3;1-2H3/t21-,22-,26?,27?,28?;;/m1../s1. The fourth-order valence-corrected chi connectivity index (χ4v) is 6.86. The fourth-order valence-electron chi connectivity index (χ4n) is 6.86. The molecule has 1 unspecified atom stereocenters. The monoisotopic (exact) mass is 693 g/mol. The lowest BCUT2D eigenvalue weighted by Crippen LogP contribution is -2.27. The van der Waals surface area contributed by atoms with Gasteiger partial charge >= 0.3 is 0 Å². The Morgan fingerprint density at radius 3 is 2.10 bits per heavy atom. The Labute approximate surface area is 299 Å². The zero-order valence-corrected chi connectivity index (χ0v) is 32.4. The van der Waals surface area contributed by atoms with Gasteiger partial charge in [0, 0.05) is 17.5 Å². The molecule has 4 aromatic rings. The Balaban J connectivity index is 0.000000437. The number of aryl methyl sites for hydroxylation is 3. The molecule has 276 valence electrons. The van der Waals surface area contributed by atoms with Gasteiger partial charge in [0.05, 0.1) is 28.9 Å². The van der Waals surface area contributed by atoms with Crippen LogP contribution in [0.2, 0.25) is 0 Å². The summed E-state index contributed by atoms with van der Waals surface area (Å²) in [4.78, 5) is 14.9. The van der Waals surface area contributed by atoms with E-state index in [0.29, 0.717) is 30.1 Å². The van der Waals surface area contributed by atoms with Crippen LogP contribution in [0.1, 0.15) is 142 Å². The molecular weight excluding hydrogens is 632 g/mol. The molecule has 5 rings (SSSR count). The number of hydrogen-bond donors (Lipinski definition) is 0. The van der Waals surface area contributed by atoms with E-state index in [1.54, 1.807) is 6.92 Å². The summed E-state index contributed by atoms with van der Waals surface area (Å²) < 4.78 is 38.7. The predicted molar refractivity (Wildman–Crippen MR) is 201 cm³/mol. The summed E-state index contributed by atoms with van der Waals surface area (Å²) in [6, 6.07) is 11.1. The van der Waals surface area contributed by atoms with Gasteiger partial charge in [0.15, 0.2) is 11.6 Å². The lowest BCUT2D eigenvalue weighted by molar-refractivity contribution is -0.115. The van der Waals surface area contributed by atoms with Gasteiger partial charge in [0.2, 0.25) is 0 Å². The minimum absolute atomic E-state index is 0.167. The minimum atomic E-state index is -0.791. The van der Waals surface area contributed by atoms with E-state index < -0.39 is 11.6 Å². The van der Waals surface area contributed by atoms with Crippen LogP contribution >= 0.6 is 0 Å². The van der Waals surface area contributed by atoms with Crippen LogP contribution in [0.25, 0.3) is 22.2 Å². The normalized spacial score (nSPS) is 17.8. The number of carbonyl (C=O) groups excluding carboxylic acids is 1. The third kappa shape index (κ3) is 11.3. The predicted octanol–water partition coefficient (Wildman–Crippen LogP) is 12.0. The van der Waals surface area contributed by atoms with Crippen molar-refractivity contribution in [2.75, 3.05) is 0 Å². The number of halogens is 2. The third-order valence-electron chi connectivity index (χ3n) is 9.92. The summed E-state index contributed by atoms with van der Waals surface area (Å²) in [6.45, 7) is 22.5. The summed E-state index contributed by atoms with van der Waals surface area (Å²) in [5.41, 5.74) is 6.29. The van der Waals surface area contributed by atoms with Gasteiger partial charge in [-0.25, -0.2) is 13.8 Å². The molecule has 0 radical (unpaired) electrons.